The zero-order chi connectivity index (χ0) is 11.5. The molecule has 0 spiro atoms. The quantitative estimate of drug-likeness (QED) is 0.864. The van der Waals surface area contributed by atoms with E-state index in [4.69, 9.17) is 0 Å². The van der Waals surface area contributed by atoms with Crippen molar-refractivity contribution in [2.75, 3.05) is 11.9 Å². The number of hydrogen-bond donors (Lipinski definition) is 2. The summed E-state index contributed by atoms with van der Waals surface area (Å²) in [5.41, 5.74) is 4.15. The predicted molar refractivity (Wildman–Crippen MR) is 73.5 cm³/mol. The highest BCUT2D eigenvalue weighted by molar-refractivity contribution is 7.09. The van der Waals surface area contributed by atoms with Gasteiger partial charge in [-0.1, -0.05) is 18.2 Å². The molecule has 0 atom stereocenters. The Morgan fingerprint density at radius 2 is 2.24 bits per heavy atom. The second-order valence-electron chi connectivity index (χ2n) is 4.35. The number of fused-ring (bicyclic) bond motifs is 1. The molecule has 1 aromatic carbocycles. The molecule has 1 aliphatic rings. The fourth-order valence-electron chi connectivity index (χ4n) is 2.21. The second kappa shape index (κ2) is 4.90. The Morgan fingerprint density at radius 1 is 1.24 bits per heavy atom. The monoisotopic (exact) mass is 244 g/mol. The molecule has 2 nitrogen and oxygen atoms in total. The summed E-state index contributed by atoms with van der Waals surface area (Å²) >= 11 is 1.81. The molecule has 0 fully saturated rings. The molecule has 3 rings (SSSR count). The van der Waals surface area contributed by atoms with Crippen LogP contribution in [0.25, 0.3) is 0 Å². The van der Waals surface area contributed by atoms with E-state index in [0.717, 1.165) is 26.1 Å². The van der Waals surface area contributed by atoms with E-state index in [1.54, 1.807) is 11.3 Å². The van der Waals surface area contributed by atoms with Crippen LogP contribution in [0.4, 0.5) is 5.69 Å². The highest BCUT2D eigenvalue weighted by Gasteiger charge is 2.09. The van der Waals surface area contributed by atoms with Gasteiger partial charge in [-0.15, -0.1) is 11.3 Å². The highest BCUT2D eigenvalue weighted by atomic mass is 32.1. The van der Waals surface area contributed by atoms with Gasteiger partial charge < -0.3 is 10.6 Å². The fourth-order valence-corrected chi connectivity index (χ4v) is 2.89. The van der Waals surface area contributed by atoms with Crippen molar-refractivity contribution in [3.63, 3.8) is 0 Å². The van der Waals surface area contributed by atoms with E-state index < -0.39 is 0 Å². The van der Waals surface area contributed by atoms with Crippen molar-refractivity contribution in [2.24, 2.45) is 0 Å². The molecule has 2 heterocycles. The van der Waals surface area contributed by atoms with Gasteiger partial charge in [-0.3, -0.25) is 0 Å². The summed E-state index contributed by atoms with van der Waals surface area (Å²) in [6.07, 6.45) is 1.16. The molecule has 0 amide bonds. The van der Waals surface area contributed by atoms with Crippen molar-refractivity contribution in [2.45, 2.75) is 19.5 Å². The Labute approximate surface area is 106 Å². The van der Waals surface area contributed by atoms with E-state index in [0.29, 0.717) is 0 Å². The summed E-state index contributed by atoms with van der Waals surface area (Å²) in [7, 11) is 0. The van der Waals surface area contributed by atoms with Gasteiger partial charge in [0.15, 0.2) is 0 Å². The highest BCUT2D eigenvalue weighted by Crippen LogP contribution is 2.22. The molecule has 0 bridgehead atoms. The third-order valence-corrected chi connectivity index (χ3v) is 3.96. The molecule has 0 aliphatic carbocycles. The van der Waals surface area contributed by atoms with Gasteiger partial charge in [-0.05, 0) is 35.1 Å². The largest absolute Gasteiger partial charge is 0.384 e. The van der Waals surface area contributed by atoms with Crippen molar-refractivity contribution in [1.82, 2.24) is 5.32 Å². The standard InChI is InChI=1S/C14H16N2S/c1-2-13(17-7-1)10-15-9-11-3-4-14-12(8-11)5-6-16-14/h1-4,7-8,15-16H,5-6,9-10H2. The van der Waals surface area contributed by atoms with Gasteiger partial charge in [0.05, 0.1) is 0 Å². The minimum atomic E-state index is 0.950. The van der Waals surface area contributed by atoms with Gasteiger partial charge in [-0.2, -0.15) is 0 Å². The van der Waals surface area contributed by atoms with Gasteiger partial charge in [0.1, 0.15) is 0 Å². The first-order valence-corrected chi connectivity index (χ1v) is 6.88. The van der Waals surface area contributed by atoms with Crippen LogP contribution in [0, 0.1) is 0 Å². The predicted octanol–water partition coefficient (Wildman–Crippen LogP) is 3.01. The first-order chi connectivity index (χ1) is 8.42. The molecule has 88 valence electrons. The Hall–Kier alpha value is -1.32. The lowest BCUT2D eigenvalue weighted by Crippen LogP contribution is -2.11. The molecule has 2 N–H and O–H groups in total. The minimum Gasteiger partial charge on any atom is -0.384 e. The lowest BCUT2D eigenvalue weighted by Gasteiger charge is -2.06. The average Bonchev–Trinajstić information content (AvgIpc) is 2.98. The Morgan fingerprint density at radius 3 is 3.12 bits per heavy atom. The van der Waals surface area contributed by atoms with Gasteiger partial charge in [-0.25, -0.2) is 0 Å². The van der Waals surface area contributed by atoms with Crippen LogP contribution in [0.1, 0.15) is 16.0 Å². The van der Waals surface area contributed by atoms with Crippen LogP contribution in [0.2, 0.25) is 0 Å². The molecular formula is C14H16N2S. The Bertz CT molecular complexity index is 491. The maximum Gasteiger partial charge on any atom is 0.0373 e. The molecule has 0 saturated heterocycles. The Kier molecular flexibility index (Phi) is 3.12. The van der Waals surface area contributed by atoms with Crippen LogP contribution in [0.15, 0.2) is 35.7 Å². The number of hydrogen-bond acceptors (Lipinski definition) is 3. The number of rotatable bonds is 4. The van der Waals surface area contributed by atoms with Crippen molar-refractivity contribution in [3.8, 4) is 0 Å². The molecule has 3 heteroatoms. The van der Waals surface area contributed by atoms with Gasteiger partial charge in [0, 0.05) is 30.2 Å². The molecule has 1 aliphatic heterocycles. The smallest absolute Gasteiger partial charge is 0.0373 e. The molecular weight excluding hydrogens is 228 g/mol. The van der Waals surface area contributed by atoms with E-state index in [1.807, 2.05) is 0 Å². The SMILES string of the molecule is c1csc(CNCc2ccc3c(c2)CCN3)c1. The van der Waals surface area contributed by atoms with Crippen LogP contribution < -0.4 is 10.6 Å². The van der Waals surface area contributed by atoms with E-state index >= 15 is 0 Å². The third kappa shape index (κ3) is 2.51. The first kappa shape index (κ1) is 10.8. The minimum absolute atomic E-state index is 0.950. The van der Waals surface area contributed by atoms with Crippen LogP contribution >= 0.6 is 11.3 Å². The van der Waals surface area contributed by atoms with E-state index in [9.17, 15) is 0 Å². The van der Waals surface area contributed by atoms with Gasteiger partial charge in [0.25, 0.3) is 0 Å². The summed E-state index contributed by atoms with van der Waals surface area (Å²) in [5, 5.41) is 9.00. The topological polar surface area (TPSA) is 24.1 Å². The first-order valence-electron chi connectivity index (χ1n) is 6.00. The maximum atomic E-state index is 3.49. The number of nitrogens with one attached hydrogen (secondary N) is 2. The van der Waals surface area contributed by atoms with Crippen molar-refractivity contribution in [3.05, 3.63) is 51.7 Å². The molecule has 0 saturated carbocycles. The zero-order valence-corrected chi connectivity index (χ0v) is 10.5. The molecule has 17 heavy (non-hydrogen) atoms. The van der Waals surface area contributed by atoms with Crippen molar-refractivity contribution < 1.29 is 0 Å². The lowest BCUT2D eigenvalue weighted by atomic mass is 10.1. The van der Waals surface area contributed by atoms with Crippen LogP contribution in [0.5, 0.6) is 0 Å². The van der Waals surface area contributed by atoms with Crippen molar-refractivity contribution >= 4 is 17.0 Å². The van der Waals surface area contributed by atoms with E-state index in [-0.39, 0.29) is 0 Å². The number of benzene rings is 1. The molecule has 2 aromatic rings. The lowest BCUT2D eigenvalue weighted by molar-refractivity contribution is 0.700. The third-order valence-electron chi connectivity index (χ3n) is 3.09. The van der Waals surface area contributed by atoms with Gasteiger partial charge in [0.2, 0.25) is 0 Å². The van der Waals surface area contributed by atoms with E-state index in [1.165, 1.54) is 21.7 Å². The number of thiophene rings is 1. The van der Waals surface area contributed by atoms with Crippen LogP contribution in [-0.4, -0.2) is 6.54 Å². The van der Waals surface area contributed by atoms with Crippen LogP contribution in [0.3, 0.4) is 0 Å². The van der Waals surface area contributed by atoms with Crippen molar-refractivity contribution in [1.29, 1.82) is 0 Å². The summed E-state index contributed by atoms with van der Waals surface area (Å²) in [4.78, 5) is 1.40. The summed E-state index contributed by atoms with van der Waals surface area (Å²) in [6, 6.07) is 11.0. The summed E-state index contributed by atoms with van der Waals surface area (Å²) < 4.78 is 0. The van der Waals surface area contributed by atoms with E-state index in [2.05, 4.69) is 46.3 Å². The normalized spacial score (nSPS) is 13.4. The second-order valence-corrected chi connectivity index (χ2v) is 5.38. The molecule has 1 aromatic heterocycles. The Balaban J connectivity index is 1.58. The maximum absolute atomic E-state index is 3.49. The zero-order valence-electron chi connectivity index (χ0n) is 9.70. The summed E-state index contributed by atoms with van der Waals surface area (Å²) in [5.74, 6) is 0. The molecule has 0 unspecified atom stereocenters. The number of anilines is 1. The molecule has 0 radical (unpaired) electrons. The van der Waals surface area contributed by atoms with Gasteiger partial charge >= 0.3 is 0 Å². The fraction of sp³-hybridized carbons (Fsp3) is 0.286. The average molecular weight is 244 g/mol. The van der Waals surface area contributed by atoms with Crippen LogP contribution in [-0.2, 0) is 19.5 Å². The summed E-state index contributed by atoms with van der Waals surface area (Å²) in [6.45, 7) is 3.00.